The molecule has 3 nitrogen and oxygen atoms in total. The average Bonchev–Trinajstić information content (AvgIpc) is 2.46. The summed E-state index contributed by atoms with van der Waals surface area (Å²) >= 11 is 0. The lowest BCUT2D eigenvalue weighted by Gasteiger charge is -2.34. The van der Waals surface area contributed by atoms with E-state index < -0.39 is 17.8 Å². The smallest absolute Gasteiger partial charge is 0.392 e. The highest BCUT2D eigenvalue weighted by molar-refractivity contribution is 5.27. The third kappa shape index (κ3) is 4.43. The number of morpholine rings is 1. The molecule has 0 bridgehead atoms. The number of rotatable bonds is 4. The molecule has 2 unspecified atom stereocenters. The number of β-amino-alcohol motifs (C(OH)–C–C–N with tert-alkyl or cyclic N) is 1. The third-order valence-electron chi connectivity index (χ3n) is 3.68. The van der Waals surface area contributed by atoms with Gasteiger partial charge >= 0.3 is 6.18 Å². The number of aliphatic hydroxyl groups excluding tert-OH is 1. The molecule has 1 fully saturated rings. The molecule has 2 atom stereocenters. The molecule has 118 valence electrons. The van der Waals surface area contributed by atoms with Crippen LogP contribution in [-0.4, -0.2) is 42.4 Å². The fourth-order valence-electron chi connectivity index (χ4n) is 2.41. The second-order valence-corrected chi connectivity index (χ2v) is 5.30. The van der Waals surface area contributed by atoms with Gasteiger partial charge in [0.2, 0.25) is 0 Å². The van der Waals surface area contributed by atoms with Gasteiger partial charge in [0.1, 0.15) is 0 Å². The highest BCUT2D eigenvalue weighted by Crippen LogP contribution is 2.32. The predicted octanol–water partition coefficient (Wildman–Crippen LogP) is 2.85. The minimum atomic E-state index is -4.34. The van der Waals surface area contributed by atoms with Gasteiger partial charge in [0, 0.05) is 19.6 Å². The maximum absolute atomic E-state index is 12.7. The first-order valence-corrected chi connectivity index (χ1v) is 7.09. The van der Waals surface area contributed by atoms with E-state index in [0.717, 1.165) is 12.1 Å². The van der Waals surface area contributed by atoms with E-state index in [0.29, 0.717) is 38.2 Å². The number of ether oxygens (including phenoxy) is 1. The standard InChI is InChI=1S/C15H20F3NO2/c1-2-13(20)9-19-6-7-21-14(10-19)11-4-3-5-12(8-11)15(16,17)18/h3-5,8,13-14,20H,2,6-7,9-10H2,1H3. The van der Waals surface area contributed by atoms with Crippen molar-refractivity contribution >= 4 is 0 Å². The number of hydrogen-bond donors (Lipinski definition) is 1. The van der Waals surface area contributed by atoms with Crippen molar-refractivity contribution < 1.29 is 23.0 Å². The Morgan fingerprint density at radius 1 is 1.43 bits per heavy atom. The first-order chi connectivity index (χ1) is 9.90. The van der Waals surface area contributed by atoms with Crippen molar-refractivity contribution in [1.82, 2.24) is 4.90 Å². The van der Waals surface area contributed by atoms with E-state index in [1.807, 2.05) is 11.8 Å². The van der Waals surface area contributed by atoms with Crippen LogP contribution in [0.1, 0.15) is 30.6 Å². The summed E-state index contributed by atoms with van der Waals surface area (Å²) in [6.07, 6.45) is -4.48. The van der Waals surface area contributed by atoms with E-state index in [1.54, 1.807) is 6.07 Å². The van der Waals surface area contributed by atoms with Crippen LogP contribution >= 0.6 is 0 Å². The second-order valence-electron chi connectivity index (χ2n) is 5.30. The van der Waals surface area contributed by atoms with Gasteiger partial charge in [0.25, 0.3) is 0 Å². The number of halogens is 3. The molecular weight excluding hydrogens is 283 g/mol. The average molecular weight is 303 g/mol. The van der Waals surface area contributed by atoms with Crippen molar-refractivity contribution in [2.75, 3.05) is 26.2 Å². The topological polar surface area (TPSA) is 32.7 Å². The van der Waals surface area contributed by atoms with Gasteiger partial charge in [-0.2, -0.15) is 13.2 Å². The highest BCUT2D eigenvalue weighted by Gasteiger charge is 2.31. The summed E-state index contributed by atoms with van der Waals surface area (Å²) in [7, 11) is 0. The monoisotopic (exact) mass is 303 g/mol. The molecule has 1 aromatic carbocycles. The number of alkyl halides is 3. The number of aliphatic hydroxyl groups is 1. The van der Waals surface area contributed by atoms with Crippen molar-refractivity contribution in [2.45, 2.75) is 31.7 Å². The van der Waals surface area contributed by atoms with Crippen LogP contribution in [0.5, 0.6) is 0 Å². The third-order valence-corrected chi connectivity index (χ3v) is 3.68. The first kappa shape index (κ1) is 16.3. The Labute approximate surface area is 122 Å². The lowest BCUT2D eigenvalue weighted by molar-refractivity contribution is -0.137. The van der Waals surface area contributed by atoms with Gasteiger partial charge in [-0.05, 0) is 24.1 Å². The van der Waals surface area contributed by atoms with E-state index >= 15 is 0 Å². The van der Waals surface area contributed by atoms with Crippen LogP contribution in [-0.2, 0) is 10.9 Å². The summed E-state index contributed by atoms with van der Waals surface area (Å²) < 4.78 is 43.8. The van der Waals surface area contributed by atoms with E-state index in [2.05, 4.69) is 0 Å². The molecule has 0 spiro atoms. The zero-order valence-corrected chi connectivity index (χ0v) is 11.9. The maximum atomic E-state index is 12.7. The Morgan fingerprint density at radius 2 is 2.19 bits per heavy atom. The Bertz CT molecular complexity index is 464. The molecule has 0 amide bonds. The Morgan fingerprint density at radius 3 is 2.86 bits per heavy atom. The van der Waals surface area contributed by atoms with Gasteiger partial charge in [-0.3, -0.25) is 4.90 Å². The second kappa shape index (κ2) is 6.77. The van der Waals surface area contributed by atoms with Crippen LogP contribution < -0.4 is 0 Å². The maximum Gasteiger partial charge on any atom is 0.416 e. The summed E-state index contributed by atoms with van der Waals surface area (Å²) in [4.78, 5) is 2.03. The van der Waals surface area contributed by atoms with Gasteiger partial charge in [0.15, 0.2) is 0 Å². The molecule has 2 rings (SSSR count). The molecule has 0 aromatic heterocycles. The summed E-state index contributed by atoms with van der Waals surface area (Å²) in [5.41, 5.74) is -0.130. The molecule has 0 aliphatic carbocycles. The molecule has 6 heteroatoms. The lowest BCUT2D eigenvalue weighted by Crippen LogP contribution is -2.42. The van der Waals surface area contributed by atoms with Crippen LogP contribution in [0, 0.1) is 0 Å². The van der Waals surface area contributed by atoms with Gasteiger partial charge < -0.3 is 9.84 Å². The number of hydrogen-bond acceptors (Lipinski definition) is 3. The van der Waals surface area contributed by atoms with Crippen LogP contribution in [0.25, 0.3) is 0 Å². The molecule has 1 N–H and O–H groups in total. The summed E-state index contributed by atoms with van der Waals surface area (Å²) in [6.45, 7) is 4.06. The Hall–Kier alpha value is -1.11. The highest BCUT2D eigenvalue weighted by atomic mass is 19.4. The SMILES string of the molecule is CCC(O)CN1CCOC(c2cccc(C(F)(F)F)c2)C1. The quantitative estimate of drug-likeness (QED) is 0.928. The minimum Gasteiger partial charge on any atom is -0.392 e. The molecule has 0 radical (unpaired) electrons. The normalized spacial score (nSPS) is 22.2. The van der Waals surface area contributed by atoms with Crippen molar-refractivity contribution in [3.05, 3.63) is 35.4 Å². The number of benzene rings is 1. The molecule has 1 aliphatic heterocycles. The van der Waals surface area contributed by atoms with Crippen LogP contribution in [0.3, 0.4) is 0 Å². The zero-order valence-electron chi connectivity index (χ0n) is 11.9. The summed E-state index contributed by atoms with van der Waals surface area (Å²) in [5.74, 6) is 0. The van der Waals surface area contributed by atoms with Crippen LogP contribution in [0.2, 0.25) is 0 Å². The van der Waals surface area contributed by atoms with Crippen LogP contribution in [0.15, 0.2) is 24.3 Å². The molecule has 1 aliphatic rings. The van der Waals surface area contributed by atoms with Gasteiger partial charge in [-0.1, -0.05) is 19.1 Å². The molecular formula is C15H20F3NO2. The van der Waals surface area contributed by atoms with E-state index in [9.17, 15) is 18.3 Å². The van der Waals surface area contributed by atoms with Crippen molar-refractivity contribution in [1.29, 1.82) is 0 Å². The van der Waals surface area contributed by atoms with E-state index in [-0.39, 0.29) is 6.10 Å². The molecule has 0 saturated carbocycles. The molecule has 1 saturated heterocycles. The van der Waals surface area contributed by atoms with E-state index in [1.165, 1.54) is 6.07 Å². The molecule has 1 heterocycles. The molecule has 1 aromatic rings. The van der Waals surface area contributed by atoms with E-state index in [4.69, 9.17) is 4.74 Å². The van der Waals surface area contributed by atoms with Crippen molar-refractivity contribution in [3.8, 4) is 0 Å². The molecule has 21 heavy (non-hydrogen) atoms. The first-order valence-electron chi connectivity index (χ1n) is 7.09. The fraction of sp³-hybridized carbons (Fsp3) is 0.600. The Balaban J connectivity index is 2.07. The largest absolute Gasteiger partial charge is 0.416 e. The summed E-state index contributed by atoms with van der Waals surface area (Å²) in [5, 5.41) is 9.69. The van der Waals surface area contributed by atoms with Crippen molar-refractivity contribution in [2.24, 2.45) is 0 Å². The Kier molecular flexibility index (Phi) is 5.24. The van der Waals surface area contributed by atoms with Crippen LogP contribution in [0.4, 0.5) is 13.2 Å². The van der Waals surface area contributed by atoms with Gasteiger partial charge in [0.05, 0.1) is 24.4 Å². The predicted molar refractivity (Wildman–Crippen MR) is 72.9 cm³/mol. The lowest BCUT2D eigenvalue weighted by atomic mass is 10.0. The zero-order chi connectivity index (χ0) is 15.5. The minimum absolute atomic E-state index is 0.384. The number of nitrogens with zero attached hydrogens (tertiary/aromatic N) is 1. The van der Waals surface area contributed by atoms with Crippen molar-refractivity contribution in [3.63, 3.8) is 0 Å². The summed E-state index contributed by atoms with van der Waals surface area (Å²) in [6, 6.07) is 5.26. The van der Waals surface area contributed by atoms with Gasteiger partial charge in [-0.25, -0.2) is 0 Å². The van der Waals surface area contributed by atoms with Gasteiger partial charge in [-0.15, -0.1) is 0 Å². The fourth-order valence-corrected chi connectivity index (χ4v) is 2.41.